The fourth-order valence-corrected chi connectivity index (χ4v) is 1.28. The molecule has 0 saturated carbocycles. The van der Waals surface area contributed by atoms with Crippen LogP contribution in [-0.4, -0.2) is 41.7 Å². The van der Waals surface area contributed by atoms with Crippen molar-refractivity contribution in [3.63, 3.8) is 0 Å². The van der Waals surface area contributed by atoms with Crippen LogP contribution in [0.4, 0.5) is 0 Å². The van der Waals surface area contributed by atoms with Gasteiger partial charge < -0.3 is 15.2 Å². The second-order valence-corrected chi connectivity index (χ2v) is 3.38. The van der Waals surface area contributed by atoms with Gasteiger partial charge in [-0.3, -0.25) is 5.10 Å². The van der Waals surface area contributed by atoms with Crippen LogP contribution in [0, 0.1) is 0 Å². The molecule has 3 N–H and O–H groups in total. The molecule has 0 aliphatic rings. The van der Waals surface area contributed by atoms with Crippen molar-refractivity contribution in [3.8, 4) is 0 Å². The van der Waals surface area contributed by atoms with E-state index < -0.39 is 0 Å². The maximum absolute atomic E-state index is 8.48. The summed E-state index contributed by atoms with van der Waals surface area (Å²) >= 11 is 0. The highest BCUT2D eigenvalue weighted by atomic mass is 16.5. The van der Waals surface area contributed by atoms with Crippen molar-refractivity contribution in [2.75, 3.05) is 26.4 Å². The Morgan fingerprint density at radius 1 is 1.60 bits per heavy atom. The van der Waals surface area contributed by atoms with Crippen LogP contribution in [0.1, 0.15) is 25.1 Å². The normalized spacial score (nSPS) is 12.9. The summed E-state index contributed by atoms with van der Waals surface area (Å²) in [6.45, 7) is 4.19. The summed E-state index contributed by atoms with van der Waals surface area (Å²) in [5.74, 6) is 0. The maximum Gasteiger partial charge on any atom is 0.0697 e. The zero-order valence-corrected chi connectivity index (χ0v) is 9.07. The minimum atomic E-state index is 0.0952. The fourth-order valence-electron chi connectivity index (χ4n) is 1.28. The Hall–Kier alpha value is -0.910. The van der Waals surface area contributed by atoms with E-state index in [-0.39, 0.29) is 12.6 Å². The second-order valence-electron chi connectivity index (χ2n) is 3.38. The predicted molar refractivity (Wildman–Crippen MR) is 57.5 cm³/mol. The van der Waals surface area contributed by atoms with E-state index in [1.54, 1.807) is 6.20 Å². The molecule has 1 rings (SSSR count). The quantitative estimate of drug-likeness (QED) is 0.549. The Balaban J connectivity index is 2.00. The van der Waals surface area contributed by atoms with Gasteiger partial charge in [-0.05, 0) is 26.0 Å². The lowest BCUT2D eigenvalue weighted by atomic mass is 10.2. The van der Waals surface area contributed by atoms with E-state index in [4.69, 9.17) is 9.84 Å². The molecule has 0 bridgehead atoms. The Morgan fingerprint density at radius 2 is 2.47 bits per heavy atom. The van der Waals surface area contributed by atoms with Crippen molar-refractivity contribution in [3.05, 3.63) is 18.0 Å². The largest absolute Gasteiger partial charge is 0.394 e. The average molecular weight is 213 g/mol. The molecule has 0 fully saturated rings. The van der Waals surface area contributed by atoms with Gasteiger partial charge in [0.15, 0.2) is 0 Å². The van der Waals surface area contributed by atoms with Gasteiger partial charge in [0, 0.05) is 18.8 Å². The molecule has 15 heavy (non-hydrogen) atoms. The molecule has 1 unspecified atom stereocenters. The monoisotopic (exact) mass is 213 g/mol. The van der Waals surface area contributed by atoms with Gasteiger partial charge in [0.2, 0.25) is 0 Å². The molecule has 1 heterocycles. The Bertz CT molecular complexity index is 239. The van der Waals surface area contributed by atoms with E-state index in [0.717, 1.165) is 18.7 Å². The van der Waals surface area contributed by atoms with E-state index >= 15 is 0 Å². The minimum Gasteiger partial charge on any atom is -0.394 e. The number of aliphatic hydroxyl groups is 1. The number of H-pyrrole nitrogens is 1. The van der Waals surface area contributed by atoms with E-state index in [1.807, 2.05) is 6.07 Å². The first kappa shape index (κ1) is 12.2. The molecule has 1 aromatic rings. The van der Waals surface area contributed by atoms with Crippen LogP contribution >= 0.6 is 0 Å². The molecule has 1 aromatic heterocycles. The molecule has 0 saturated heterocycles. The van der Waals surface area contributed by atoms with Gasteiger partial charge in [-0.2, -0.15) is 5.10 Å². The Labute approximate surface area is 89.8 Å². The number of nitrogens with one attached hydrogen (secondary N) is 2. The van der Waals surface area contributed by atoms with Crippen LogP contribution < -0.4 is 5.32 Å². The highest BCUT2D eigenvalue weighted by molar-refractivity contribution is 5.02. The Morgan fingerprint density at radius 3 is 3.13 bits per heavy atom. The summed E-state index contributed by atoms with van der Waals surface area (Å²) in [6.07, 6.45) is 2.69. The van der Waals surface area contributed by atoms with Gasteiger partial charge in [-0.15, -0.1) is 0 Å². The van der Waals surface area contributed by atoms with Crippen LogP contribution in [0.3, 0.4) is 0 Å². The van der Waals surface area contributed by atoms with Crippen molar-refractivity contribution < 1.29 is 9.84 Å². The standard InChI is InChI=1S/C10H19N3O2/c1-9(10-3-5-12-13-10)11-4-2-7-15-8-6-14/h3,5,9,11,14H,2,4,6-8H2,1H3,(H,12,13). The summed E-state index contributed by atoms with van der Waals surface area (Å²) in [5, 5.41) is 18.6. The lowest BCUT2D eigenvalue weighted by molar-refractivity contribution is 0.0904. The third-order valence-corrected chi connectivity index (χ3v) is 2.14. The molecule has 0 aliphatic carbocycles. The third-order valence-electron chi connectivity index (χ3n) is 2.14. The van der Waals surface area contributed by atoms with Crippen molar-refractivity contribution in [1.29, 1.82) is 0 Å². The zero-order chi connectivity index (χ0) is 10.9. The molecule has 0 radical (unpaired) electrons. The molecule has 0 aliphatic heterocycles. The van der Waals surface area contributed by atoms with Crippen LogP contribution in [-0.2, 0) is 4.74 Å². The number of aromatic nitrogens is 2. The average Bonchev–Trinajstić information content (AvgIpc) is 2.76. The van der Waals surface area contributed by atoms with Crippen LogP contribution in [0.5, 0.6) is 0 Å². The highest BCUT2D eigenvalue weighted by Crippen LogP contribution is 2.06. The van der Waals surface area contributed by atoms with Crippen LogP contribution in [0.25, 0.3) is 0 Å². The lowest BCUT2D eigenvalue weighted by Gasteiger charge is -2.11. The third kappa shape index (κ3) is 4.92. The van der Waals surface area contributed by atoms with Crippen LogP contribution in [0.15, 0.2) is 12.3 Å². The van der Waals surface area contributed by atoms with Crippen molar-refractivity contribution >= 4 is 0 Å². The van der Waals surface area contributed by atoms with Crippen molar-refractivity contribution in [2.45, 2.75) is 19.4 Å². The molecule has 5 heteroatoms. The molecule has 86 valence electrons. The molecular weight excluding hydrogens is 194 g/mol. The smallest absolute Gasteiger partial charge is 0.0697 e. The van der Waals surface area contributed by atoms with Crippen LogP contribution in [0.2, 0.25) is 0 Å². The molecule has 0 spiro atoms. The Kier molecular flexibility index (Phi) is 5.99. The van der Waals surface area contributed by atoms with Gasteiger partial charge in [-0.25, -0.2) is 0 Å². The van der Waals surface area contributed by atoms with Gasteiger partial charge in [0.05, 0.1) is 18.9 Å². The van der Waals surface area contributed by atoms with Crippen molar-refractivity contribution in [1.82, 2.24) is 15.5 Å². The van der Waals surface area contributed by atoms with E-state index in [9.17, 15) is 0 Å². The zero-order valence-electron chi connectivity index (χ0n) is 9.07. The molecular formula is C10H19N3O2. The maximum atomic E-state index is 8.48. The number of hydrogen-bond donors (Lipinski definition) is 3. The van der Waals surface area contributed by atoms with E-state index in [2.05, 4.69) is 22.4 Å². The number of nitrogens with zero attached hydrogens (tertiary/aromatic N) is 1. The molecule has 5 nitrogen and oxygen atoms in total. The molecule has 1 atom stereocenters. The summed E-state index contributed by atoms with van der Waals surface area (Å²) in [4.78, 5) is 0. The van der Waals surface area contributed by atoms with E-state index in [0.29, 0.717) is 13.2 Å². The summed E-state index contributed by atoms with van der Waals surface area (Å²) < 4.78 is 5.15. The molecule has 0 aromatic carbocycles. The lowest BCUT2D eigenvalue weighted by Crippen LogP contribution is -2.21. The second kappa shape index (κ2) is 7.39. The SMILES string of the molecule is CC(NCCCOCCO)c1ccn[nH]1. The topological polar surface area (TPSA) is 70.2 Å². The summed E-state index contributed by atoms with van der Waals surface area (Å²) in [7, 11) is 0. The van der Waals surface area contributed by atoms with Gasteiger partial charge >= 0.3 is 0 Å². The highest BCUT2D eigenvalue weighted by Gasteiger charge is 2.04. The van der Waals surface area contributed by atoms with Gasteiger partial charge in [-0.1, -0.05) is 0 Å². The first-order chi connectivity index (χ1) is 7.34. The van der Waals surface area contributed by atoms with E-state index in [1.165, 1.54) is 0 Å². The first-order valence-electron chi connectivity index (χ1n) is 5.26. The number of hydrogen-bond acceptors (Lipinski definition) is 4. The number of ether oxygens (including phenoxy) is 1. The minimum absolute atomic E-state index is 0.0952. The number of aromatic amines is 1. The van der Waals surface area contributed by atoms with Gasteiger partial charge in [0.25, 0.3) is 0 Å². The van der Waals surface area contributed by atoms with Gasteiger partial charge in [0.1, 0.15) is 0 Å². The summed E-state index contributed by atoms with van der Waals surface area (Å²) in [5.41, 5.74) is 1.09. The summed E-state index contributed by atoms with van der Waals surface area (Å²) in [6, 6.07) is 2.24. The van der Waals surface area contributed by atoms with Crippen molar-refractivity contribution in [2.24, 2.45) is 0 Å². The number of aliphatic hydroxyl groups excluding tert-OH is 1. The predicted octanol–water partition coefficient (Wildman–Crippen LogP) is 0.459. The first-order valence-corrected chi connectivity index (χ1v) is 5.26. The fraction of sp³-hybridized carbons (Fsp3) is 0.700. The number of rotatable bonds is 8. The molecule has 0 amide bonds.